The molecule has 1 heterocycles. The van der Waals surface area contributed by atoms with Crippen LogP contribution in [0.3, 0.4) is 0 Å². The van der Waals surface area contributed by atoms with Crippen LogP contribution in [0.1, 0.15) is 11.3 Å². The summed E-state index contributed by atoms with van der Waals surface area (Å²) in [7, 11) is 1.52. The zero-order valence-corrected chi connectivity index (χ0v) is 7.39. The normalized spacial score (nSPS) is 11.1. The number of nitrogens with zero attached hydrogens (tertiary/aromatic N) is 2. The molecule has 0 unspecified atom stereocenters. The number of rotatable bonds is 2. The van der Waals surface area contributed by atoms with Gasteiger partial charge in [0, 0.05) is 13.2 Å². The second-order valence-electron chi connectivity index (χ2n) is 2.44. The molecule has 0 saturated heterocycles. The first-order valence-electron chi connectivity index (χ1n) is 3.73. The van der Waals surface area contributed by atoms with Crippen molar-refractivity contribution < 1.29 is 13.2 Å². The van der Waals surface area contributed by atoms with Crippen molar-refractivity contribution in [2.24, 2.45) is 0 Å². The number of aromatic nitrogens is 2. The fourth-order valence-electron chi connectivity index (χ4n) is 0.889. The lowest BCUT2D eigenvalue weighted by Gasteiger charge is -2.09. The Hall–Kier alpha value is -1.59. The minimum absolute atomic E-state index is 0.132. The van der Waals surface area contributed by atoms with Crippen molar-refractivity contribution in [2.75, 3.05) is 12.4 Å². The Morgan fingerprint density at radius 3 is 2.57 bits per heavy atom. The van der Waals surface area contributed by atoms with Crippen LogP contribution in [0, 0.1) is 0 Å². The number of alkyl halides is 3. The third kappa shape index (κ3) is 2.01. The SMILES string of the molecule is C=Cc1nc(NC)ncc1C(F)(F)F. The van der Waals surface area contributed by atoms with E-state index in [2.05, 4.69) is 21.9 Å². The number of hydrogen-bond acceptors (Lipinski definition) is 3. The van der Waals surface area contributed by atoms with Crippen LogP contribution in [0.5, 0.6) is 0 Å². The Morgan fingerprint density at radius 1 is 1.50 bits per heavy atom. The highest BCUT2D eigenvalue weighted by Crippen LogP contribution is 2.31. The van der Waals surface area contributed by atoms with E-state index in [9.17, 15) is 13.2 Å². The van der Waals surface area contributed by atoms with Gasteiger partial charge < -0.3 is 5.32 Å². The smallest absolute Gasteiger partial charge is 0.357 e. The maximum atomic E-state index is 12.3. The maximum Gasteiger partial charge on any atom is 0.419 e. The van der Waals surface area contributed by atoms with E-state index in [1.165, 1.54) is 7.05 Å². The van der Waals surface area contributed by atoms with Crippen LogP contribution in [-0.2, 0) is 6.18 Å². The summed E-state index contributed by atoms with van der Waals surface area (Å²) in [5.74, 6) is 0.132. The molecule has 0 aliphatic heterocycles. The molecule has 0 aliphatic rings. The highest BCUT2D eigenvalue weighted by molar-refractivity contribution is 5.49. The lowest BCUT2D eigenvalue weighted by atomic mass is 10.2. The first-order valence-corrected chi connectivity index (χ1v) is 3.73. The highest BCUT2D eigenvalue weighted by Gasteiger charge is 2.34. The van der Waals surface area contributed by atoms with Gasteiger partial charge in [-0.15, -0.1) is 0 Å². The van der Waals surface area contributed by atoms with Crippen LogP contribution in [0.15, 0.2) is 12.8 Å². The molecule has 0 amide bonds. The van der Waals surface area contributed by atoms with Gasteiger partial charge in [0.05, 0.1) is 11.3 Å². The van der Waals surface area contributed by atoms with E-state index in [4.69, 9.17) is 0 Å². The molecule has 6 heteroatoms. The monoisotopic (exact) mass is 203 g/mol. The summed E-state index contributed by atoms with van der Waals surface area (Å²) in [4.78, 5) is 7.10. The van der Waals surface area contributed by atoms with E-state index < -0.39 is 11.7 Å². The Bertz CT molecular complexity index is 346. The van der Waals surface area contributed by atoms with E-state index in [0.717, 1.165) is 12.3 Å². The van der Waals surface area contributed by atoms with Gasteiger partial charge in [0.25, 0.3) is 0 Å². The molecule has 3 nitrogen and oxygen atoms in total. The summed E-state index contributed by atoms with van der Waals surface area (Å²) in [6, 6.07) is 0. The number of hydrogen-bond donors (Lipinski definition) is 1. The molecular formula is C8H8F3N3. The van der Waals surface area contributed by atoms with E-state index in [1.54, 1.807) is 0 Å². The lowest BCUT2D eigenvalue weighted by Crippen LogP contribution is -2.11. The predicted octanol–water partition coefficient (Wildman–Crippen LogP) is 2.18. The van der Waals surface area contributed by atoms with Gasteiger partial charge in [-0.2, -0.15) is 13.2 Å². The molecule has 0 aromatic carbocycles. The van der Waals surface area contributed by atoms with Crippen LogP contribution in [0.2, 0.25) is 0 Å². The molecule has 1 aromatic rings. The molecule has 1 rings (SSSR count). The van der Waals surface area contributed by atoms with E-state index in [0.29, 0.717) is 0 Å². The van der Waals surface area contributed by atoms with Crippen LogP contribution >= 0.6 is 0 Å². The van der Waals surface area contributed by atoms with Crippen LogP contribution in [0.4, 0.5) is 19.1 Å². The molecule has 0 fully saturated rings. The van der Waals surface area contributed by atoms with Crippen molar-refractivity contribution in [2.45, 2.75) is 6.18 Å². The van der Waals surface area contributed by atoms with Crippen LogP contribution in [-0.4, -0.2) is 17.0 Å². The van der Waals surface area contributed by atoms with Crippen molar-refractivity contribution in [1.29, 1.82) is 0 Å². The molecule has 1 N–H and O–H groups in total. The summed E-state index contributed by atoms with van der Waals surface area (Å²) < 4.78 is 37.0. The Morgan fingerprint density at radius 2 is 2.14 bits per heavy atom. The molecule has 0 radical (unpaired) electrons. The average molecular weight is 203 g/mol. The molecular weight excluding hydrogens is 195 g/mol. The quantitative estimate of drug-likeness (QED) is 0.800. The first kappa shape index (κ1) is 10.5. The van der Waals surface area contributed by atoms with Gasteiger partial charge in [-0.3, -0.25) is 0 Å². The molecule has 0 atom stereocenters. The van der Waals surface area contributed by atoms with Gasteiger partial charge in [-0.25, -0.2) is 9.97 Å². The zero-order valence-electron chi connectivity index (χ0n) is 7.39. The van der Waals surface area contributed by atoms with Crippen molar-refractivity contribution in [3.05, 3.63) is 24.0 Å². The molecule has 0 saturated carbocycles. The van der Waals surface area contributed by atoms with Gasteiger partial charge in [0.2, 0.25) is 5.95 Å². The van der Waals surface area contributed by atoms with E-state index in [-0.39, 0.29) is 11.6 Å². The Labute approximate surface area is 78.7 Å². The number of halogens is 3. The number of anilines is 1. The summed E-state index contributed by atoms with van der Waals surface area (Å²) in [5, 5.41) is 2.54. The van der Waals surface area contributed by atoms with Gasteiger partial charge in [-0.05, 0) is 6.08 Å². The Balaban J connectivity index is 3.25. The van der Waals surface area contributed by atoms with Gasteiger partial charge >= 0.3 is 6.18 Å². The molecule has 1 aromatic heterocycles. The maximum absolute atomic E-state index is 12.3. The molecule has 0 aliphatic carbocycles. The topological polar surface area (TPSA) is 37.8 Å². The summed E-state index contributed by atoms with van der Waals surface area (Å²) >= 11 is 0. The summed E-state index contributed by atoms with van der Waals surface area (Å²) in [6.07, 6.45) is -2.67. The van der Waals surface area contributed by atoms with E-state index in [1.807, 2.05) is 0 Å². The summed E-state index contributed by atoms with van der Waals surface area (Å²) in [5.41, 5.74) is -1.11. The Kier molecular flexibility index (Phi) is 2.73. The van der Waals surface area contributed by atoms with Crippen LogP contribution < -0.4 is 5.32 Å². The fraction of sp³-hybridized carbons (Fsp3) is 0.250. The van der Waals surface area contributed by atoms with Crippen molar-refractivity contribution >= 4 is 12.0 Å². The molecule has 14 heavy (non-hydrogen) atoms. The van der Waals surface area contributed by atoms with Crippen molar-refractivity contribution in [1.82, 2.24) is 9.97 Å². The summed E-state index contributed by atoms with van der Waals surface area (Å²) in [6.45, 7) is 3.26. The third-order valence-electron chi connectivity index (χ3n) is 1.54. The van der Waals surface area contributed by atoms with Crippen LogP contribution in [0.25, 0.3) is 6.08 Å². The third-order valence-corrected chi connectivity index (χ3v) is 1.54. The highest BCUT2D eigenvalue weighted by atomic mass is 19.4. The van der Waals surface area contributed by atoms with E-state index >= 15 is 0 Å². The van der Waals surface area contributed by atoms with Crippen molar-refractivity contribution in [3.8, 4) is 0 Å². The first-order chi connectivity index (χ1) is 6.49. The minimum atomic E-state index is -4.45. The predicted molar refractivity (Wildman–Crippen MR) is 46.7 cm³/mol. The number of nitrogens with one attached hydrogen (secondary N) is 1. The van der Waals surface area contributed by atoms with Gasteiger partial charge in [0.15, 0.2) is 0 Å². The van der Waals surface area contributed by atoms with Crippen molar-refractivity contribution in [3.63, 3.8) is 0 Å². The fourth-order valence-corrected chi connectivity index (χ4v) is 0.889. The second kappa shape index (κ2) is 3.65. The standard InChI is InChI=1S/C8H8F3N3/c1-3-6-5(8(9,10)11)4-13-7(12-2)14-6/h3-4H,1H2,2H3,(H,12,13,14). The minimum Gasteiger partial charge on any atom is -0.357 e. The molecule has 76 valence electrons. The van der Waals surface area contributed by atoms with Gasteiger partial charge in [0.1, 0.15) is 0 Å². The average Bonchev–Trinajstić information content (AvgIpc) is 2.15. The largest absolute Gasteiger partial charge is 0.419 e. The molecule has 0 spiro atoms. The lowest BCUT2D eigenvalue weighted by molar-refractivity contribution is -0.138. The van der Waals surface area contributed by atoms with Gasteiger partial charge in [-0.1, -0.05) is 6.58 Å². The molecule has 0 bridgehead atoms. The zero-order chi connectivity index (χ0) is 10.8. The second-order valence-corrected chi connectivity index (χ2v) is 2.44.